The minimum Gasteiger partial charge on any atom is -0.494 e. The third-order valence-electron chi connectivity index (χ3n) is 5.24. The van der Waals surface area contributed by atoms with E-state index in [0.717, 1.165) is 42.0 Å². The number of aromatic nitrogens is 2. The third kappa shape index (κ3) is 5.25. The highest BCUT2D eigenvalue weighted by molar-refractivity contribution is 6.31. The number of carbonyl (C=O) groups excluding carboxylic acids is 1. The lowest BCUT2D eigenvalue weighted by Crippen LogP contribution is -2.46. The molecule has 0 aliphatic heterocycles. The van der Waals surface area contributed by atoms with Gasteiger partial charge in [0.1, 0.15) is 11.3 Å². The van der Waals surface area contributed by atoms with Crippen LogP contribution in [0.2, 0.25) is 5.02 Å². The molecule has 7 heteroatoms. The number of hydrogen-bond donors (Lipinski definition) is 1. The molecule has 1 aliphatic carbocycles. The summed E-state index contributed by atoms with van der Waals surface area (Å²) in [7, 11) is 0. The highest BCUT2D eigenvalue weighted by Crippen LogP contribution is 2.34. The normalized spacial score (nSPS) is 16.4. The van der Waals surface area contributed by atoms with Crippen molar-refractivity contribution in [2.75, 3.05) is 6.61 Å². The lowest BCUT2D eigenvalue weighted by Gasteiger charge is -2.30. The van der Waals surface area contributed by atoms with E-state index in [4.69, 9.17) is 20.9 Å². The summed E-state index contributed by atoms with van der Waals surface area (Å²) in [6.45, 7) is 4.19. The Bertz CT molecular complexity index is 798. The summed E-state index contributed by atoms with van der Waals surface area (Å²) in [5.74, 6) is 1.90. The van der Waals surface area contributed by atoms with E-state index in [1.54, 1.807) is 6.92 Å². The third-order valence-corrected chi connectivity index (χ3v) is 5.66. The van der Waals surface area contributed by atoms with E-state index in [2.05, 4.69) is 15.5 Å². The van der Waals surface area contributed by atoms with Gasteiger partial charge in [-0.25, -0.2) is 0 Å². The molecule has 1 aromatic carbocycles. The van der Waals surface area contributed by atoms with Crippen molar-refractivity contribution in [3.05, 3.63) is 40.5 Å². The van der Waals surface area contributed by atoms with Gasteiger partial charge < -0.3 is 14.6 Å². The van der Waals surface area contributed by atoms with E-state index >= 15 is 0 Å². The monoisotopic (exact) mass is 405 g/mol. The second-order valence-corrected chi connectivity index (χ2v) is 7.95. The van der Waals surface area contributed by atoms with Crippen LogP contribution < -0.4 is 10.1 Å². The van der Waals surface area contributed by atoms with Crippen LogP contribution >= 0.6 is 11.6 Å². The molecule has 0 spiro atoms. The van der Waals surface area contributed by atoms with E-state index < -0.39 is 5.54 Å². The molecule has 1 aromatic heterocycles. The molecular weight excluding hydrogens is 378 g/mol. The Labute approximate surface area is 171 Å². The van der Waals surface area contributed by atoms with Crippen molar-refractivity contribution < 1.29 is 14.1 Å². The Balaban J connectivity index is 1.54. The highest BCUT2D eigenvalue weighted by atomic mass is 35.5. The molecule has 1 aliphatic rings. The number of hydrogen-bond acceptors (Lipinski definition) is 5. The van der Waals surface area contributed by atoms with Crippen molar-refractivity contribution in [3.63, 3.8) is 0 Å². The predicted molar refractivity (Wildman–Crippen MR) is 107 cm³/mol. The molecule has 1 heterocycles. The Morgan fingerprint density at radius 3 is 2.64 bits per heavy atom. The van der Waals surface area contributed by atoms with Crippen molar-refractivity contribution in [2.24, 2.45) is 0 Å². The van der Waals surface area contributed by atoms with Gasteiger partial charge in [0.25, 0.3) is 0 Å². The minimum absolute atomic E-state index is 0.000222. The summed E-state index contributed by atoms with van der Waals surface area (Å²) in [6.07, 6.45) is 7.15. The fourth-order valence-corrected chi connectivity index (χ4v) is 3.81. The molecule has 0 radical (unpaired) electrons. The van der Waals surface area contributed by atoms with Gasteiger partial charge in [-0.3, -0.25) is 4.79 Å². The van der Waals surface area contributed by atoms with E-state index in [1.165, 1.54) is 12.8 Å². The van der Waals surface area contributed by atoms with Crippen molar-refractivity contribution in [1.82, 2.24) is 15.5 Å². The van der Waals surface area contributed by atoms with Crippen LogP contribution in [0.5, 0.6) is 5.75 Å². The zero-order valence-electron chi connectivity index (χ0n) is 16.6. The van der Waals surface area contributed by atoms with Gasteiger partial charge in [-0.2, -0.15) is 4.98 Å². The molecule has 1 N–H and O–H groups in total. The zero-order valence-corrected chi connectivity index (χ0v) is 17.3. The molecule has 0 unspecified atom stereocenters. The van der Waals surface area contributed by atoms with Crippen molar-refractivity contribution in [2.45, 2.75) is 70.8 Å². The maximum atomic E-state index is 12.6. The quantitative estimate of drug-likeness (QED) is 0.525. The molecular formula is C21H28ClN3O3. The summed E-state index contributed by atoms with van der Waals surface area (Å²) in [6, 6.07) is 5.57. The Kier molecular flexibility index (Phi) is 6.94. The fourth-order valence-electron chi connectivity index (χ4n) is 3.69. The molecule has 0 bridgehead atoms. The first-order chi connectivity index (χ1) is 13.5. The van der Waals surface area contributed by atoms with Gasteiger partial charge in [0, 0.05) is 18.4 Å². The fraction of sp³-hybridized carbons (Fsp3) is 0.571. The van der Waals surface area contributed by atoms with Crippen LogP contribution in [0.4, 0.5) is 0 Å². The van der Waals surface area contributed by atoms with Crippen LogP contribution in [0.3, 0.4) is 0 Å². The molecule has 0 atom stereocenters. The van der Waals surface area contributed by atoms with Gasteiger partial charge in [-0.05, 0) is 49.9 Å². The molecule has 2 aromatic rings. The predicted octanol–water partition coefficient (Wildman–Crippen LogP) is 4.86. The maximum absolute atomic E-state index is 12.6. The number of ether oxygens (including phenoxy) is 1. The van der Waals surface area contributed by atoms with Gasteiger partial charge in [0.05, 0.1) is 6.61 Å². The largest absolute Gasteiger partial charge is 0.494 e. The lowest BCUT2D eigenvalue weighted by atomic mass is 9.89. The molecule has 6 nitrogen and oxygen atoms in total. The number of carbonyl (C=O) groups is 1. The summed E-state index contributed by atoms with van der Waals surface area (Å²) in [5.41, 5.74) is 0.460. The van der Waals surface area contributed by atoms with Gasteiger partial charge >= 0.3 is 0 Å². The van der Waals surface area contributed by atoms with Crippen LogP contribution in [0.15, 0.2) is 22.7 Å². The number of nitrogens with one attached hydrogen (secondary N) is 1. The first-order valence-corrected chi connectivity index (χ1v) is 10.4. The van der Waals surface area contributed by atoms with Crippen molar-refractivity contribution in [3.8, 4) is 5.75 Å². The van der Waals surface area contributed by atoms with Gasteiger partial charge in [-0.15, -0.1) is 0 Å². The number of halogens is 1. The molecule has 1 saturated carbocycles. The van der Waals surface area contributed by atoms with E-state index in [0.29, 0.717) is 31.2 Å². The SMILES string of the molecule is Cc1nc(C2(NC(=O)CCCOc3ccc(Cl)c(C)c3)CCCCCC2)no1. The average molecular weight is 406 g/mol. The summed E-state index contributed by atoms with van der Waals surface area (Å²) in [5, 5.41) is 8.06. The van der Waals surface area contributed by atoms with Crippen LogP contribution in [0.25, 0.3) is 0 Å². The molecule has 28 heavy (non-hydrogen) atoms. The Hall–Kier alpha value is -2.08. The number of rotatable bonds is 7. The van der Waals surface area contributed by atoms with Crippen LogP contribution in [-0.2, 0) is 10.3 Å². The molecule has 1 amide bonds. The molecule has 152 valence electrons. The van der Waals surface area contributed by atoms with Gasteiger partial charge in [-0.1, -0.05) is 42.4 Å². The lowest BCUT2D eigenvalue weighted by molar-refractivity contribution is -0.123. The van der Waals surface area contributed by atoms with Crippen LogP contribution in [-0.4, -0.2) is 22.7 Å². The second-order valence-electron chi connectivity index (χ2n) is 7.54. The van der Waals surface area contributed by atoms with E-state index in [1.807, 2.05) is 25.1 Å². The number of nitrogens with zero attached hydrogens (tertiary/aromatic N) is 2. The molecule has 3 rings (SSSR count). The molecule has 1 fully saturated rings. The molecule has 0 saturated heterocycles. The van der Waals surface area contributed by atoms with Crippen LogP contribution in [0.1, 0.15) is 68.6 Å². The topological polar surface area (TPSA) is 77.2 Å². The standard InChI is InChI=1S/C21H28ClN3O3/c1-15-14-17(9-10-18(15)22)27-13-7-8-19(26)24-21(11-5-3-4-6-12-21)20-23-16(2)28-25-20/h9-10,14H,3-8,11-13H2,1-2H3,(H,24,26). The van der Waals surface area contributed by atoms with Crippen molar-refractivity contribution in [1.29, 1.82) is 0 Å². The van der Waals surface area contributed by atoms with Gasteiger partial charge in [0.2, 0.25) is 11.8 Å². The highest BCUT2D eigenvalue weighted by Gasteiger charge is 2.38. The summed E-state index contributed by atoms with van der Waals surface area (Å²) in [4.78, 5) is 17.1. The summed E-state index contributed by atoms with van der Waals surface area (Å²) >= 11 is 6.03. The maximum Gasteiger partial charge on any atom is 0.223 e. The smallest absolute Gasteiger partial charge is 0.223 e. The zero-order chi connectivity index (χ0) is 20.0. The first kappa shape index (κ1) is 20.6. The van der Waals surface area contributed by atoms with E-state index in [-0.39, 0.29) is 5.91 Å². The second kappa shape index (κ2) is 9.41. The summed E-state index contributed by atoms with van der Waals surface area (Å²) < 4.78 is 10.9. The van der Waals surface area contributed by atoms with Crippen molar-refractivity contribution >= 4 is 17.5 Å². The van der Waals surface area contributed by atoms with Crippen LogP contribution in [0, 0.1) is 13.8 Å². The average Bonchev–Trinajstić information content (AvgIpc) is 2.97. The number of aryl methyl sites for hydroxylation is 2. The van der Waals surface area contributed by atoms with E-state index in [9.17, 15) is 4.79 Å². The first-order valence-electron chi connectivity index (χ1n) is 9.99. The minimum atomic E-state index is -0.514. The Morgan fingerprint density at radius 2 is 2.00 bits per heavy atom. The number of benzene rings is 1. The number of amides is 1. The van der Waals surface area contributed by atoms with Gasteiger partial charge in [0.15, 0.2) is 5.82 Å². The Morgan fingerprint density at radius 1 is 1.25 bits per heavy atom.